The van der Waals surface area contributed by atoms with Crippen molar-refractivity contribution in [2.24, 2.45) is 0 Å². The minimum Gasteiger partial charge on any atom is -0.322 e. The predicted octanol–water partition coefficient (Wildman–Crippen LogP) is 1.46. The van der Waals surface area contributed by atoms with Crippen molar-refractivity contribution in [1.82, 2.24) is 5.32 Å². The highest BCUT2D eigenvalue weighted by Gasteiger charge is 2.61. The van der Waals surface area contributed by atoms with Crippen LogP contribution in [-0.4, -0.2) is 15.3 Å². The third kappa shape index (κ3) is 2.28. The molecule has 88 valence electrons. The SMILES string of the molecule is O=P1(O)OP(=O)(O)C1NCc1ccccc1. The van der Waals surface area contributed by atoms with Crippen molar-refractivity contribution in [1.29, 1.82) is 0 Å². The van der Waals surface area contributed by atoms with Gasteiger partial charge in [0.25, 0.3) is 0 Å². The molecule has 0 aliphatic carbocycles. The first-order valence-electron chi connectivity index (χ1n) is 4.55. The number of hydrogen-bond acceptors (Lipinski definition) is 4. The maximum atomic E-state index is 11.2. The summed E-state index contributed by atoms with van der Waals surface area (Å²) in [7, 11) is -7.92. The van der Waals surface area contributed by atoms with Gasteiger partial charge in [0, 0.05) is 6.54 Å². The monoisotopic (exact) mass is 263 g/mol. The van der Waals surface area contributed by atoms with E-state index < -0.39 is 20.7 Å². The molecule has 0 saturated carbocycles. The fraction of sp³-hybridized carbons (Fsp3) is 0.250. The predicted molar refractivity (Wildman–Crippen MR) is 57.8 cm³/mol. The Morgan fingerprint density at radius 3 is 2.25 bits per heavy atom. The maximum absolute atomic E-state index is 11.2. The molecule has 1 fully saturated rings. The molecule has 1 aromatic rings. The van der Waals surface area contributed by atoms with Gasteiger partial charge in [-0.15, -0.1) is 0 Å². The molecule has 0 amide bonds. The summed E-state index contributed by atoms with van der Waals surface area (Å²) >= 11 is 0. The zero-order valence-electron chi connectivity index (χ0n) is 8.18. The van der Waals surface area contributed by atoms with E-state index in [0.29, 0.717) is 0 Å². The van der Waals surface area contributed by atoms with Crippen molar-refractivity contribution >= 4 is 15.2 Å². The van der Waals surface area contributed by atoms with Crippen LogP contribution in [0, 0.1) is 0 Å². The van der Waals surface area contributed by atoms with Crippen molar-refractivity contribution in [2.75, 3.05) is 0 Å². The van der Waals surface area contributed by atoms with E-state index in [4.69, 9.17) is 9.79 Å². The van der Waals surface area contributed by atoms with E-state index in [1.165, 1.54) is 0 Å². The molecular weight excluding hydrogens is 252 g/mol. The Bertz CT molecular complexity index is 455. The van der Waals surface area contributed by atoms with Crippen LogP contribution in [0.15, 0.2) is 30.3 Å². The van der Waals surface area contributed by atoms with Gasteiger partial charge in [0.2, 0.25) is 5.52 Å². The lowest BCUT2D eigenvalue weighted by molar-refractivity contribution is 0.276. The molecule has 1 heterocycles. The molecule has 1 aromatic carbocycles. The van der Waals surface area contributed by atoms with Gasteiger partial charge in [-0.05, 0) is 5.56 Å². The highest BCUT2D eigenvalue weighted by Crippen LogP contribution is 2.80. The van der Waals surface area contributed by atoms with Gasteiger partial charge in [0.15, 0.2) is 0 Å². The first-order valence-corrected chi connectivity index (χ1v) is 7.85. The smallest absolute Gasteiger partial charge is 0.322 e. The minimum atomic E-state index is -3.96. The summed E-state index contributed by atoms with van der Waals surface area (Å²) in [5, 5.41) is 2.56. The zero-order chi connectivity index (χ0) is 11.8. The van der Waals surface area contributed by atoms with E-state index in [9.17, 15) is 9.13 Å². The lowest BCUT2D eigenvalue weighted by atomic mass is 10.2. The second-order valence-electron chi connectivity index (χ2n) is 3.45. The van der Waals surface area contributed by atoms with Crippen LogP contribution in [0.1, 0.15) is 5.56 Å². The Morgan fingerprint density at radius 1 is 1.19 bits per heavy atom. The van der Waals surface area contributed by atoms with Gasteiger partial charge in [0.05, 0.1) is 0 Å². The molecule has 0 spiro atoms. The summed E-state index contributed by atoms with van der Waals surface area (Å²) in [5.74, 6) is 0. The van der Waals surface area contributed by atoms with Gasteiger partial charge in [-0.25, -0.2) is 4.31 Å². The van der Waals surface area contributed by atoms with Crippen LogP contribution in [-0.2, 0) is 20.0 Å². The van der Waals surface area contributed by atoms with Gasteiger partial charge < -0.3 is 9.79 Å². The zero-order valence-corrected chi connectivity index (χ0v) is 9.97. The quantitative estimate of drug-likeness (QED) is 0.714. The normalized spacial score (nSPS) is 38.0. The standard InChI is InChI=1S/C8H11NO5P2/c10-15(11)8(16(12,13)14-15)9-6-7-4-2-1-3-5-7/h1-5,8-9H,6H2,(H,10,11)(H,12,13). The van der Waals surface area contributed by atoms with Crippen molar-refractivity contribution < 1.29 is 23.2 Å². The lowest BCUT2D eigenvalue weighted by Gasteiger charge is -2.35. The number of nitrogens with one attached hydrogen (secondary N) is 1. The molecule has 2 atom stereocenters. The molecule has 2 unspecified atom stereocenters. The van der Waals surface area contributed by atoms with Crippen molar-refractivity contribution in [3.05, 3.63) is 35.9 Å². The fourth-order valence-electron chi connectivity index (χ4n) is 1.44. The second-order valence-corrected chi connectivity index (χ2v) is 7.80. The molecule has 16 heavy (non-hydrogen) atoms. The van der Waals surface area contributed by atoms with Crippen LogP contribution >= 0.6 is 15.2 Å². The highest BCUT2D eigenvalue weighted by atomic mass is 31.3. The Morgan fingerprint density at radius 2 is 1.75 bits per heavy atom. The van der Waals surface area contributed by atoms with Crippen LogP contribution in [0.2, 0.25) is 0 Å². The van der Waals surface area contributed by atoms with Crippen LogP contribution < -0.4 is 5.32 Å². The van der Waals surface area contributed by atoms with Crippen molar-refractivity contribution in [2.45, 2.75) is 12.1 Å². The van der Waals surface area contributed by atoms with E-state index in [1.807, 2.05) is 18.2 Å². The van der Waals surface area contributed by atoms with Gasteiger partial charge in [-0.2, -0.15) is 0 Å². The molecule has 0 bridgehead atoms. The number of hydrogen-bond donors (Lipinski definition) is 3. The van der Waals surface area contributed by atoms with Gasteiger partial charge in [-0.1, -0.05) is 30.3 Å². The van der Waals surface area contributed by atoms with Gasteiger partial charge >= 0.3 is 15.2 Å². The molecule has 2 rings (SSSR count). The molecule has 1 aliphatic heterocycles. The number of benzene rings is 1. The summed E-state index contributed by atoms with van der Waals surface area (Å²) in [6.45, 7) is 0.240. The molecular formula is C8H11NO5P2. The Labute approximate surface area is 92.3 Å². The van der Waals surface area contributed by atoms with E-state index in [0.717, 1.165) is 5.56 Å². The van der Waals surface area contributed by atoms with Crippen LogP contribution in [0.25, 0.3) is 0 Å². The Hall–Kier alpha value is -0.480. The molecule has 0 aromatic heterocycles. The largest absolute Gasteiger partial charge is 0.364 e. The maximum Gasteiger partial charge on any atom is 0.364 e. The first kappa shape index (κ1) is 12.0. The van der Waals surface area contributed by atoms with Crippen LogP contribution in [0.4, 0.5) is 0 Å². The molecule has 1 aliphatic rings. The molecule has 1 saturated heterocycles. The summed E-state index contributed by atoms with van der Waals surface area (Å²) < 4.78 is 26.4. The molecule has 8 heteroatoms. The van der Waals surface area contributed by atoms with Crippen molar-refractivity contribution in [3.63, 3.8) is 0 Å². The topological polar surface area (TPSA) is 95.9 Å². The van der Waals surface area contributed by atoms with E-state index in [2.05, 4.69) is 9.63 Å². The van der Waals surface area contributed by atoms with Gasteiger partial charge in [0.1, 0.15) is 0 Å². The van der Waals surface area contributed by atoms with Crippen molar-refractivity contribution in [3.8, 4) is 0 Å². The average Bonchev–Trinajstić information content (AvgIpc) is 2.16. The third-order valence-corrected chi connectivity index (χ3v) is 7.41. The molecule has 3 N–H and O–H groups in total. The fourth-order valence-corrected chi connectivity index (χ4v) is 5.28. The second kappa shape index (κ2) is 4.08. The van der Waals surface area contributed by atoms with E-state index in [1.54, 1.807) is 12.1 Å². The Balaban J connectivity index is 2.01. The van der Waals surface area contributed by atoms with E-state index >= 15 is 0 Å². The molecule has 6 nitrogen and oxygen atoms in total. The molecule has 0 radical (unpaired) electrons. The van der Waals surface area contributed by atoms with E-state index in [-0.39, 0.29) is 6.54 Å². The van der Waals surface area contributed by atoms with Crippen LogP contribution in [0.3, 0.4) is 0 Å². The average molecular weight is 263 g/mol. The minimum absolute atomic E-state index is 0.240. The summed E-state index contributed by atoms with van der Waals surface area (Å²) in [6.07, 6.45) is 0. The third-order valence-electron chi connectivity index (χ3n) is 2.18. The first-order chi connectivity index (χ1) is 7.42. The summed E-state index contributed by atoms with van der Waals surface area (Å²) in [4.78, 5) is 18.3. The lowest BCUT2D eigenvalue weighted by Crippen LogP contribution is -2.35. The summed E-state index contributed by atoms with van der Waals surface area (Å²) in [6, 6.07) is 9.06. The van der Waals surface area contributed by atoms with Crippen LogP contribution in [0.5, 0.6) is 0 Å². The highest BCUT2D eigenvalue weighted by molar-refractivity contribution is 7.84. The summed E-state index contributed by atoms with van der Waals surface area (Å²) in [5.41, 5.74) is -0.519. The number of rotatable bonds is 3. The van der Waals surface area contributed by atoms with Gasteiger partial charge in [-0.3, -0.25) is 14.4 Å². The Kier molecular flexibility index (Phi) is 3.05.